The van der Waals surface area contributed by atoms with E-state index >= 15 is 0 Å². The van der Waals surface area contributed by atoms with Crippen LogP contribution in [0.4, 0.5) is 0 Å². The fourth-order valence-electron chi connectivity index (χ4n) is 2.47. The minimum absolute atomic E-state index is 1.02. The molecule has 3 atom stereocenters. The summed E-state index contributed by atoms with van der Waals surface area (Å²) in [7, 11) is 0. The molecule has 9 heavy (non-hydrogen) atoms. The van der Waals surface area contributed by atoms with Crippen molar-refractivity contribution in [1.82, 2.24) is 5.32 Å². The van der Waals surface area contributed by atoms with E-state index in [1.165, 1.54) is 25.9 Å². The summed E-state index contributed by atoms with van der Waals surface area (Å²) in [6, 6.07) is 0. The van der Waals surface area contributed by atoms with Crippen molar-refractivity contribution in [3.8, 4) is 0 Å². The van der Waals surface area contributed by atoms with Crippen LogP contribution in [0, 0.1) is 17.8 Å². The lowest BCUT2D eigenvalue weighted by molar-refractivity contribution is 0.494. The van der Waals surface area contributed by atoms with E-state index in [1.54, 1.807) is 0 Å². The topological polar surface area (TPSA) is 12.0 Å². The summed E-state index contributed by atoms with van der Waals surface area (Å²) in [5.74, 6) is 3.10. The van der Waals surface area contributed by atoms with Crippen molar-refractivity contribution in [3.05, 3.63) is 0 Å². The van der Waals surface area contributed by atoms with Crippen molar-refractivity contribution < 1.29 is 0 Å². The van der Waals surface area contributed by atoms with Crippen LogP contribution in [-0.2, 0) is 0 Å². The third kappa shape index (κ3) is 0.877. The van der Waals surface area contributed by atoms with Gasteiger partial charge in [0.25, 0.3) is 0 Å². The third-order valence-corrected chi connectivity index (χ3v) is 2.89. The molecule has 1 heterocycles. The Labute approximate surface area is 56.8 Å². The van der Waals surface area contributed by atoms with E-state index in [4.69, 9.17) is 0 Å². The molecule has 2 aliphatic rings. The van der Waals surface area contributed by atoms with Crippen LogP contribution in [0.2, 0.25) is 0 Å². The largest absolute Gasteiger partial charge is 0.316 e. The first-order valence-corrected chi connectivity index (χ1v) is 4.07. The maximum Gasteiger partial charge on any atom is -0.00172 e. The molecule has 0 bridgehead atoms. The average molecular weight is 125 g/mol. The van der Waals surface area contributed by atoms with Crippen LogP contribution in [-0.4, -0.2) is 13.1 Å². The Morgan fingerprint density at radius 2 is 1.67 bits per heavy atom. The van der Waals surface area contributed by atoms with Crippen LogP contribution in [0.5, 0.6) is 0 Å². The van der Waals surface area contributed by atoms with Crippen LogP contribution in [0.1, 0.15) is 19.8 Å². The molecule has 1 nitrogen and oxygen atoms in total. The lowest BCUT2D eigenvalue weighted by Gasteiger charge is -2.02. The van der Waals surface area contributed by atoms with Crippen LogP contribution < -0.4 is 5.32 Å². The van der Waals surface area contributed by atoms with Gasteiger partial charge in [0.2, 0.25) is 0 Å². The highest BCUT2D eigenvalue weighted by molar-refractivity contribution is 4.88. The van der Waals surface area contributed by atoms with Gasteiger partial charge in [-0.15, -0.1) is 0 Å². The lowest BCUT2D eigenvalue weighted by Crippen LogP contribution is -2.10. The standard InChI is InChI=1S/C8H15N/c1-6-2-7-4-9-5-8(7)3-6/h6-9H,2-5H2,1H3/t6-,7+,8-. The highest BCUT2D eigenvalue weighted by Crippen LogP contribution is 2.37. The van der Waals surface area contributed by atoms with Crippen molar-refractivity contribution in [2.45, 2.75) is 19.8 Å². The van der Waals surface area contributed by atoms with Crippen molar-refractivity contribution in [2.75, 3.05) is 13.1 Å². The first-order valence-electron chi connectivity index (χ1n) is 4.07. The molecule has 0 aromatic carbocycles. The molecular formula is C8H15N. The van der Waals surface area contributed by atoms with Gasteiger partial charge in [0.15, 0.2) is 0 Å². The SMILES string of the molecule is C[C@@H]1C[C@H]2CNC[C@H]2C1. The molecule has 2 rings (SSSR count). The zero-order valence-electron chi connectivity index (χ0n) is 6.06. The van der Waals surface area contributed by atoms with E-state index < -0.39 is 0 Å². The minimum atomic E-state index is 1.02. The van der Waals surface area contributed by atoms with E-state index in [0.717, 1.165) is 17.8 Å². The van der Waals surface area contributed by atoms with Gasteiger partial charge in [-0.2, -0.15) is 0 Å². The molecule has 0 spiro atoms. The second kappa shape index (κ2) is 1.98. The lowest BCUT2D eigenvalue weighted by atomic mass is 10.0. The van der Waals surface area contributed by atoms with Crippen molar-refractivity contribution in [2.24, 2.45) is 17.8 Å². The number of hydrogen-bond acceptors (Lipinski definition) is 1. The Morgan fingerprint density at radius 1 is 1.11 bits per heavy atom. The maximum atomic E-state index is 3.44. The quantitative estimate of drug-likeness (QED) is 0.514. The maximum absolute atomic E-state index is 3.44. The van der Waals surface area contributed by atoms with E-state index in [-0.39, 0.29) is 0 Å². The van der Waals surface area contributed by atoms with Gasteiger partial charge in [0.05, 0.1) is 0 Å². The number of nitrogens with one attached hydrogen (secondary N) is 1. The molecule has 1 heteroatoms. The van der Waals surface area contributed by atoms with Gasteiger partial charge in [-0.05, 0) is 43.7 Å². The first kappa shape index (κ1) is 5.72. The Bertz CT molecular complexity index is 99.1. The van der Waals surface area contributed by atoms with Gasteiger partial charge >= 0.3 is 0 Å². The summed E-state index contributed by atoms with van der Waals surface area (Å²) in [4.78, 5) is 0. The van der Waals surface area contributed by atoms with Crippen LogP contribution in [0.25, 0.3) is 0 Å². The highest BCUT2D eigenvalue weighted by atomic mass is 14.9. The Kier molecular flexibility index (Phi) is 1.26. The van der Waals surface area contributed by atoms with Gasteiger partial charge in [0.1, 0.15) is 0 Å². The highest BCUT2D eigenvalue weighted by Gasteiger charge is 2.34. The fraction of sp³-hybridized carbons (Fsp3) is 1.00. The fourth-order valence-corrected chi connectivity index (χ4v) is 2.47. The monoisotopic (exact) mass is 125 g/mol. The van der Waals surface area contributed by atoms with Crippen molar-refractivity contribution in [1.29, 1.82) is 0 Å². The second-order valence-electron chi connectivity index (χ2n) is 3.75. The molecule has 1 N–H and O–H groups in total. The van der Waals surface area contributed by atoms with E-state index in [1.807, 2.05) is 0 Å². The van der Waals surface area contributed by atoms with Gasteiger partial charge in [0, 0.05) is 0 Å². The third-order valence-electron chi connectivity index (χ3n) is 2.89. The molecule has 1 saturated heterocycles. The van der Waals surface area contributed by atoms with Crippen molar-refractivity contribution >= 4 is 0 Å². The Balaban J connectivity index is 2.02. The van der Waals surface area contributed by atoms with E-state index in [2.05, 4.69) is 12.2 Å². The van der Waals surface area contributed by atoms with Gasteiger partial charge in [-0.3, -0.25) is 0 Å². The molecule has 1 aliphatic carbocycles. The molecule has 1 saturated carbocycles. The van der Waals surface area contributed by atoms with E-state index in [9.17, 15) is 0 Å². The summed E-state index contributed by atoms with van der Waals surface area (Å²) in [5, 5.41) is 3.44. The predicted molar refractivity (Wildman–Crippen MR) is 38.2 cm³/mol. The summed E-state index contributed by atoms with van der Waals surface area (Å²) >= 11 is 0. The summed E-state index contributed by atoms with van der Waals surface area (Å²) in [5.41, 5.74) is 0. The summed E-state index contributed by atoms with van der Waals surface area (Å²) < 4.78 is 0. The zero-order chi connectivity index (χ0) is 6.27. The Morgan fingerprint density at radius 3 is 2.22 bits per heavy atom. The second-order valence-corrected chi connectivity index (χ2v) is 3.75. The van der Waals surface area contributed by atoms with Crippen molar-refractivity contribution in [3.63, 3.8) is 0 Å². The number of rotatable bonds is 0. The minimum Gasteiger partial charge on any atom is -0.316 e. The molecule has 2 fully saturated rings. The molecule has 52 valence electrons. The van der Waals surface area contributed by atoms with Gasteiger partial charge in [-0.1, -0.05) is 6.92 Å². The normalized spacial score (nSPS) is 49.7. The molecular weight excluding hydrogens is 110 g/mol. The molecule has 0 aromatic rings. The summed E-state index contributed by atoms with van der Waals surface area (Å²) in [6.07, 6.45) is 2.97. The Hall–Kier alpha value is -0.0400. The van der Waals surface area contributed by atoms with Gasteiger partial charge in [-0.25, -0.2) is 0 Å². The zero-order valence-corrected chi connectivity index (χ0v) is 6.06. The molecule has 0 amide bonds. The molecule has 1 aliphatic heterocycles. The smallest absolute Gasteiger partial charge is 0.00172 e. The first-order chi connectivity index (χ1) is 4.36. The molecule has 0 aromatic heterocycles. The van der Waals surface area contributed by atoms with Crippen LogP contribution in [0.15, 0.2) is 0 Å². The molecule has 0 unspecified atom stereocenters. The molecule has 0 radical (unpaired) electrons. The summed E-state index contributed by atoms with van der Waals surface area (Å²) in [6.45, 7) is 4.99. The van der Waals surface area contributed by atoms with Gasteiger partial charge < -0.3 is 5.32 Å². The number of fused-ring (bicyclic) bond motifs is 1. The predicted octanol–water partition coefficient (Wildman–Crippen LogP) is 1.25. The average Bonchev–Trinajstić information content (AvgIpc) is 2.22. The van der Waals surface area contributed by atoms with E-state index in [0.29, 0.717) is 0 Å². The van der Waals surface area contributed by atoms with Crippen LogP contribution >= 0.6 is 0 Å². The number of hydrogen-bond donors (Lipinski definition) is 1. The van der Waals surface area contributed by atoms with Crippen LogP contribution in [0.3, 0.4) is 0 Å².